The molecule has 98 valence electrons. The van der Waals surface area contributed by atoms with E-state index >= 15 is 0 Å². The molecule has 0 saturated heterocycles. The van der Waals surface area contributed by atoms with Gasteiger partial charge in [0, 0.05) is 22.6 Å². The topological polar surface area (TPSA) is 74.6 Å². The molecule has 0 unspecified atom stereocenters. The van der Waals surface area contributed by atoms with Gasteiger partial charge in [-0.05, 0) is 24.3 Å². The predicted molar refractivity (Wildman–Crippen MR) is 74.2 cm³/mol. The van der Waals surface area contributed by atoms with Gasteiger partial charge in [-0.1, -0.05) is 23.5 Å². The Morgan fingerprint density at radius 3 is 1.44 bits per heavy atom. The molecule has 0 heterocycles. The number of aliphatic hydroxyl groups is 2. The number of benzene rings is 1. The normalized spacial score (nSPS) is 10.3. The monoisotopic (exact) mass is 286 g/mol. The van der Waals surface area contributed by atoms with Crippen molar-refractivity contribution in [3.63, 3.8) is 0 Å². The molecule has 0 saturated carbocycles. The number of thioether (sulfide) groups is 2. The molecule has 0 bridgehead atoms. The van der Waals surface area contributed by atoms with Gasteiger partial charge in [-0.2, -0.15) is 0 Å². The smallest absolute Gasteiger partial charge is 0.219 e. The Balaban J connectivity index is 2.62. The lowest BCUT2D eigenvalue weighted by Crippen LogP contribution is -2.00. The molecule has 0 radical (unpaired) electrons. The lowest BCUT2D eigenvalue weighted by atomic mass is 10.2. The zero-order valence-electron chi connectivity index (χ0n) is 9.67. The van der Waals surface area contributed by atoms with E-state index in [0.717, 1.165) is 23.5 Å². The van der Waals surface area contributed by atoms with E-state index in [0.29, 0.717) is 22.6 Å². The summed E-state index contributed by atoms with van der Waals surface area (Å²) >= 11 is 2.09. The van der Waals surface area contributed by atoms with Crippen LogP contribution >= 0.6 is 23.5 Å². The molecule has 0 aliphatic rings. The van der Waals surface area contributed by atoms with E-state index in [2.05, 4.69) is 0 Å². The maximum atomic E-state index is 11.6. The molecule has 0 spiro atoms. The molecule has 18 heavy (non-hydrogen) atoms. The number of carbonyl (C=O) groups is 2. The van der Waals surface area contributed by atoms with Crippen LogP contribution in [0.4, 0.5) is 0 Å². The summed E-state index contributed by atoms with van der Waals surface area (Å²) in [5, 5.41) is 17.0. The Kier molecular flexibility index (Phi) is 7.04. The van der Waals surface area contributed by atoms with Crippen LogP contribution in [0.15, 0.2) is 24.3 Å². The number of hydrogen-bond donors (Lipinski definition) is 2. The van der Waals surface area contributed by atoms with Crippen molar-refractivity contribution < 1.29 is 19.8 Å². The molecule has 6 heteroatoms. The van der Waals surface area contributed by atoms with Crippen LogP contribution in [0.3, 0.4) is 0 Å². The highest BCUT2D eigenvalue weighted by Gasteiger charge is 2.09. The van der Waals surface area contributed by atoms with Gasteiger partial charge < -0.3 is 10.2 Å². The third-order valence-corrected chi connectivity index (χ3v) is 3.77. The van der Waals surface area contributed by atoms with E-state index in [4.69, 9.17) is 10.2 Å². The number of hydrogen-bond acceptors (Lipinski definition) is 6. The summed E-state index contributed by atoms with van der Waals surface area (Å²) in [4.78, 5) is 23.2. The molecular weight excluding hydrogens is 272 g/mol. The van der Waals surface area contributed by atoms with E-state index in [-0.39, 0.29) is 23.4 Å². The van der Waals surface area contributed by atoms with E-state index < -0.39 is 0 Å². The minimum atomic E-state index is -0.119. The quantitative estimate of drug-likeness (QED) is 0.824. The first kappa shape index (κ1) is 15.2. The second-order valence-electron chi connectivity index (χ2n) is 3.30. The van der Waals surface area contributed by atoms with Gasteiger partial charge in [0.2, 0.25) is 10.2 Å². The summed E-state index contributed by atoms with van der Waals surface area (Å²) in [6.45, 7) is -0.0739. The molecule has 1 aromatic rings. The van der Waals surface area contributed by atoms with E-state index in [1.54, 1.807) is 24.3 Å². The van der Waals surface area contributed by atoms with Crippen molar-refractivity contribution in [3.8, 4) is 0 Å². The standard InChI is InChI=1S/C12H14O4S2/c13-5-7-17-11(15)9-1-2-10(4-3-9)12(16)18-8-6-14/h1-4,13-14H,5-8H2. The molecule has 0 aliphatic heterocycles. The van der Waals surface area contributed by atoms with Gasteiger partial charge in [0.15, 0.2) is 0 Å². The Morgan fingerprint density at radius 1 is 0.833 bits per heavy atom. The van der Waals surface area contributed by atoms with Crippen molar-refractivity contribution in [3.05, 3.63) is 35.4 Å². The largest absolute Gasteiger partial charge is 0.396 e. The van der Waals surface area contributed by atoms with Crippen molar-refractivity contribution in [2.24, 2.45) is 0 Å². The zero-order chi connectivity index (χ0) is 13.4. The molecule has 1 aromatic carbocycles. The SMILES string of the molecule is O=C(SCCO)c1ccc(C(=O)SCCO)cc1. The summed E-state index contributed by atoms with van der Waals surface area (Å²) in [6, 6.07) is 6.39. The van der Waals surface area contributed by atoms with Crippen LogP contribution in [0, 0.1) is 0 Å². The molecule has 0 amide bonds. The molecular formula is C12H14O4S2. The molecule has 0 atom stereocenters. The zero-order valence-corrected chi connectivity index (χ0v) is 11.3. The summed E-state index contributed by atoms with van der Waals surface area (Å²) < 4.78 is 0. The van der Waals surface area contributed by atoms with Crippen molar-refractivity contribution in [2.75, 3.05) is 24.7 Å². The number of rotatable bonds is 6. The first-order valence-electron chi connectivity index (χ1n) is 5.35. The number of carbonyl (C=O) groups excluding carboxylic acids is 2. The van der Waals surface area contributed by atoms with E-state index in [1.807, 2.05) is 0 Å². The molecule has 0 aliphatic carbocycles. The highest BCUT2D eigenvalue weighted by Crippen LogP contribution is 2.16. The Hall–Kier alpha value is -0.820. The first-order valence-corrected chi connectivity index (χ1v) is 7.32. The van der Waals surface area contributed by atoms with Crippen LogP contribution in [0.2, 0.25) is 0 Å². The average Bonchev–Trinajstić information content (AvgIpc) is 2.42. The van der Waals surface area contributed by atoms with Crippen molar-refractivity contribution in [1.82, 2.24) is 0 Å². The lowest BCUT2D eigenvalue weighted by molar-refractivity contribution is 0.107. The maximum absolute atomic E-state index is 11.6. The van der Waals surface area contributed by atoms with Gasteiger partial charge in [0.1, 0.15) is 0 Å². The van der Waals surface area contributed by atoms with Gasteiger partial charge in [0.05, 0.1) is 13.2 Å². The van der Waals surface area contributed by atoms with Crippen molar-refractivity contribution in [1.29, 1.82) is 0 Å². The van der Waals surface area contributed by atoms with Crippen LogP contribution < -0.4 is 0 Å². The summed E-state index contributed by atoms with van der Waals surface area (Å²) in [5.41, 5.74) is 1.02. The van der Waals surface area contributed by atoms with Gasteiger partial charge in [-0.3, -0.25) is 9.59 Å². The van der Waals surface area contributed by atoms with Crippen LogP contribution in [0.25, 0.3) is 0 Å². The van der Waals surface area contributed by atoms with Gasteiger partial charge in [-0.15, -0.1) is 0 Å². The Bertz CT molecular complexity index is 364. The summed E-state index contributed by atoms with van der Waals surface area (Å²) in [6.07, 6.45) is 0. The van der Waals surface area contributed by atoms with Gasteiger partial charge in [-0.25, -0.2) is 0 Å². The van der Waals surface area contributed by atoms with Gasteiger partial charge >= 0.3 is 0 Å². The molecule has 0 fully saturated rings. The number of aliphatic hydroxyl groups excluding tert-OH is 2. The van der Waals surface area contributed by atoms with Crippen LogP contribution in [-0.4, -0.2) is 45.2 Å². The van der Waals surface area contributed by atoms with Gasteiger partial charge in [0.25, 0.3) is 0 Å². The van der Waals surface area contributed by atoms with Crippen molar-refractivity contribution >= 4 is 33.8 Å². The second kappa shape index (κ2) is 8.31. The third kappa shape index (κ3) is 4.81. The Morgan fingerprint density at radius 2 is 1.17 bits per heavy atom. The molecule has 1 rings (SSSR count). The third-order valence-electron chi connectivity index (χ3n) is 2.01. The minimum Gasteiger partial charge on any atom is -0.396 e. The molecule has 4 nitrogen and oxygen atoms in total. The fourth-order valence-electron chi connectivity index (χ4n) is 1.19. The maximum Gasteiger partial charge on any atom is 0.219 e. The average molecular weight is 286 g/mol. The highest BCUT2D eigenvalue weighted by atomic mass is 32.2. The molecule has 2 N–H and O–H groups in total. The minimum absolute atomic E-state index is 0.0369. The second-order valence-corrected chi connectivity index (χ2v) is 5.43. The first-order chi connectivity index (χ1) is 8.69. The van der Waals surface area contributed by atoms with Crippen LogP contribution in [0.5, 0.6) is 0 Å². The highest BCUT2D eigenvalue weighted by molar-refractivity contribution is 8.14. The summed E-state index contributed by atoms with van der Waals surface area (Å²) in [5.74, 6) is 0.734. The van der Waals surface area contributed by atoms with E-state index in [9.17, 15) is 9.59 Å². The van der Waals surface area contributed by atoms with Crippen LogP contribution in [0.1, 0.15) is 20.7 Å². The fourth-order valence-corrected chi connectivity index (χ4v) is 2.34. The molecule has 0 aromatic heterocycles. The Labute approximate surface area is 114 Å². The van der Waals surface area contributed by atoms with Crippen molar-refractivity contribution in [2.45, 2.75) is 0 Å². The lowest BCUT2D eigenvalue weighted by Gasteiger charge is -2.02. The van der Waals surface area contributed by atoms with Crippen LogP contribution in [-0.2, 0) is 0 Å². The predicted octanol–water partition coefficient (Wildman–Crippen LogP) is 1.42. The fraction of sp³-hybridized carbons (Fsp3) is 0.333. The van der Waals surface area contributed by atoms with E-state index in [1.165, 1.54) is 0 Å². The summed E-state index contributed by atoms with van der Waals surface area (Å²) in [7, 11) is 0.